The maximum atomic E-state index is 11.9. The molecule has 0 saturated heterocycles. The monoisotopic (exact) mass is 638 g/mol. The van der Waals surface area contributed by atoms with Crippen molar-refractivity contribution in [1.29, 1.82) is 0 Å². The van der Waals surface area contributed by atoms with Gasteiger partial charge in [0, 0.05) is 19.2 Å². The first-order chi connectivity index (χ1) is 18.8. The molecule has 40 heavy (non-hydrogen) atoms. The van der Waals surface area contributed by atoms with Gasteiger partial charge in [-0.1, -0.05) is 77.0 Å². The summed E-state index contributed by atoms with van der Waals surface area (Å²) >= 11 is 13.7. The Balaban J connectivity index is 1.58. The second-order valence-corrected chi connectivity index (χ2v) is 13.7. The summed E-state index contributed by atoms with van der Waals surface area (Å²) in [6, 6.07) is 18.4. The maximum Gasteiger partial charge on any atom is 0.326 e. The summed E-state index contributed by atoms with van der Waals surface area (Å²) in [4.78, 5) is 3.07. The van der Waals surface area contributed by atoms with Crippen molar-refractivity contribution in [3.63, 3.8) is 0 Å². The Morgan fingerprint density at radius 3 is 2.23 bits per heavy atom. The number of fused-ring (bicyclic) bond motifs is 2. The van der Waals surface area contributed by atoms with Gasteiger partial charge >= 0.3 is 10.1 Å². The molecule has 9 nitrogen and oxygen atoms in total. The van der Waals surface area contributed by atoms with E-state index in [1.165, 1.54) is 26.9 Å². The highest BCUT2D eigenvalue weighted by Crippen LogP contribution is 2.45. The molecule has 0 atom stereocenters. The highest BCUT2D eigenvalue weighted by Gasteiger charge is 2.32. The maximum absolute atomic E-state index is 11.9. The van der Waals surface area contributed by atoms with Crippen molar-refractivity contribution in [2.75, 3.05) is 22.7 Å². The van der Waals surface area contributed by atoms with Gasteiger partial charge in [-0.15, -0.1) is 0 Å². The van der Waals surface area contributed by atoms with Crippen LogP contribution in [0.4, 0.5) is 11.4 Å². The molecule has 0 unspecified atom stereocenters. The predicted octanol–water partition coefficient (Wildman–Crippen LogP) is 5.66. The summed E-state index contributed by atoms with van der Waals surface area (Å²) in [5.74, 6) is -0.981. The van der Waals surface area contributed by atoms with Crippen molar-refractivity contribution < 1.29 is 30.5 Å². The van der Waals surface area contributed by atoms with Gasteiger partial charge in [0.15, 0.2) is 5.88 Å². The van der Waals surface area contributed by atoms with E-state index in [4.69, 9.17) is 23.2 Å². The van der Waals surface area contributed by atoms with Crippen LogP contribution in [-0.4, -0.2) is 38.9 Å². The van der Waals surface area contributed by atoms with E-state index in [1.807, 2.05) is 48.5 Å². The van der Waals surface area contributed by atoms with Crippen LogP contribution in [0.5, 0.6) is 0 Å². The number of rotatable bonds is 7. The summed E-state index contributed by atoms with van der Waals surface area (Å²) < 4.78 is 69.0. The number of hydrogen-bond donors (Lipinski definition) is 2. The van der Waals surface area contributed by atoms with Gasteiger partial charge in [-0.25, -0.2) is 0 Å². The molecule has 208 valence electrons. The van der Waals surface area contributed by atoms with E-state index in [2.05, 4.69) is 0 Å². The summed E-state index contributed by atoms with van der Waals surface area (Å²) in [5.41, 5.74) is 3.48. The minimum atomic E-state index is -4.42. The molecule has 1 aliphatic heterocycles. The van der Waals surface area contributed by atoms with E-state index in [9.17, 15) is 25.9 Å². The Morgan fingerprint density at radius 1 is 0.900 bits per heavy atom. The molecule has 2 heterocycles. The largest absolute Gasteiger partial charge is 0.329 e. The van der Waals surface area contributed by atoms with Crippen molar-refractivity contribution >= 4 is 82.4 Å². The van der Waals surface area contributed by atoms with E-state index in [1.54, 1.807) is 36.2 Å². The fourth-order valence-corrected chi connectivity index (χ4v) is 7.14. The summed E-state index contributed by atoms with van der Waals surface area (Å²) in [5, 5.41) is 1.03. The van der Waals surface area contributed by atoms with Crippen LogP contribution in [0.2, 0.25) is 10.0 Å². The quantitative estimate of drug-likeness (QED) is 0.196. The van der Waals surface area contributed by atoms with Gasteiger partial charge in [0.1, 0.15) is 10.5 Å². The second-order valence-electron chi connectivity index (χ2n) is 8.96. The molecule has 2 N–H and O–H groups in total. The van der Waals surface area contributed by atoms with Crippen LogP contribution in [0.25, 0.3) is 27.4 Å². The number of anilines is 2. The molecule has 4 aromatic rings. The molecule has 3 aromatic carbocycles. The van der Waals surface area contributed by atoms with Gasteiger partial charge in [-0.2, -0.15) is 21.4 Å². The Bertz CT molecular complexity index is 1910. The van der Waals surface area contributed by atoms with E-state index in [-0.39, 0.29) is 10.0 Å². The first kappa shape index (κ1) is 28.6. The van der Waals surface area contributed by atoms with Gasteiger partial charge in [0.2, 0.25) is 5.52 Å². The van der Waals surface area contributed by atoms with Crippen LogP contribution < -0.4 is 14.4 Å². The molecular formula is C26H22Cl2N3O6S3+. The Hall–Kier alpha value is -2.97. The number of benzene rings is 3. The molecule has 0 radical (unpaired) electrons. The van der Waals surface area contributed by atoms with Crippen LogP contribution in [0.15, 0.2) is 78.6 Å². The Kier molecular flexibility index (Phi) is 7.70. The van der Waals surface area contributed by atoms with Crippen molar-refractivity contribution in [1.82, 2.24) is 0 Å². The van der Waals surface area contributed by atoms with E-state index >= 15 is 0 Å². The number of hydrogen-bond acceptors (Lipinski definition) is 7. The molecule has 14 heteroatoms. The molecule has 1 aliphatic rings. The van der Waals surface area contributed by atoms with Crippen molar-refractivity contribution in [3.05, 3.63) is 93.7 Å². The molecule has 0 saturated carbocycles. The zero-order valence-corrected chi connectivity index (χ0v) is 24.7. The topological polar surface area (TPSA) is 119 Å². The van der Waals surface area contributed by atoms with Gasteiger partial charge < -0.3 is 9.80 Å². The molecule has 1 aromatic heterocycles. The Labute approximate surface area is 245 Å². The van der Waals surface area contributed by atoms with Crippen molar-refractivity contribution in [3.8, 4) is 11.1 Å². The van der Waals surface area contributed by atoms with Crippen LogP contribution in [0, 0.1) is 0 Å². The van der Waals surface area contributed by atoms with Crippen LogP contribution in [0.1, 0.15) is 5.01 Å². The minimum Gasteiger partial charge on any atom is -0.329 e. The lowest BCUT2D eigenvalue weighted by molar-refractivity contribution is -0.649. The van der Waals surface area contributed by atoms with Crippen molar-refractivity contribution in [2.45, 2.75) is 5.88 Å². The summed E-state index contributed by atoms with van der Waals surface area (Å²) in [7, 11) is -7.09. The average molecular weight is 640 g/mol. The van der Waals surface area contributed by atoms with Gasteiger partial charge in [-0.3, -0.25) is 9.11 Å². The second kappa shape index (κ2) is 10.8. The molecule has 0 bridgehead atoms. The lowest BCUT2D eigenvalue weighted by Gasteiger charge is -2.21. The first-order valence-electron chi connectivity index (χ1n) is 11.6. The molecule has 0 amide bonds. The SMILES string of the molecule is CN1C(=CC=Cc2sc3ccc(-c4ccccc4)cc3[n+]2CS(=O)(=O)O)N(CS(=O)(=O)O)c2cc(Cl)c(Cl)cc21. The molecule has 0 aliphatic carbocycles. The zero-order chi connectivity index (χ0) is 28.8. The minimum absolute atomic E-state index is 0.220. The molecular weight excluding hydrogens is 617 g/mol. The number of halogens is 2. The zero-order valence-electron chi connectivity index (χ0n) is 20.8. The van der Waals surface area contributed by atoms with Gasteiger partial charge in [-0.05, 0) is 35.4 Å². The highest BCUT2D eigenvalue weighted by atomic mass is 35.5. The fourth-order valence-electron chi connectivity index (χ4n) is 4.49. The number of thiazole rings is 1. The smallest absolute Gasteiger partial charge is 0.326 e. The standard InChI is InChI=1S/C26H21Cl2N3O6S3/c1-29-21-13-19(27)20(28)14-22(21)30(15-39(32,33)34)25(29)8-5-9-26-31(16-40(35,36)37)23-12-18(10-11-24(23)38-26)17-6-3-2-4-7-17/h2-14H,15-16H2,1H3,(H-,32,33,34,35,36,37)/p+1. The lowest BCUT2D eigenvalue weighted by atomic mass is 10.1. The van der Waals surface area contributed by atoms with Crippen LogP contribution >= 0.6 is 34.5 Å². The normalized spacial score (nSPS) is 15.1. The fraction of sp³-hybridized carbons (Fsp3) is 0.115. The third-order valence-corrected chi connectivity index (χ3v) is 9.22. The van der Waals surface area contributed by atoms with E-state index in [0.29, 0.717) is 27.7 Å². The van der Waals surface area contributed by atoms with Crippen molar-refractivity contribution in [2.24, 2.45) is 0 Å². The van der Waals surface area contributed by atoms with Gasteiger partial charge in [0.25, 0.3) is 21.0 Å². The van der Waals surface area contributed by atoms with E-state index in [0.717, 1.165) is 15.8 Å². The molecule has 5 rings (SSSR count). The Morgan fingerprint density at radius 2 is 1.57 bits per heavy atom. The van der Waals surface area contributed by atoms with Crippen LogP contribution in [-0.2, 0) is 26.1 Å². The third-order valence-electron chi connectivity index (χ3n) is 6.20. The highest BCUT2D eigenvalue weighted by molar-refractivity contribution is 7.85. The molecule has 0 fully saturated rings. The predicted molar refractivity (Wildman–Crippen MR) is 160 cm³/mol. The summed E-state index contributed by atoms with van der Waals surface area (Å²) in [6.45, 7) is 0. The van der Waals surface area contributed by atoms with Gasteiger partial charge in [0.05, 0.1) is 21.4 Å². The third kappa shape index (κ3) is 6.03. The number of nitrogens with zero attached hydrogens (tertiary/aromatic N) is 3. The lowest BCUT2D eigenvalue weighted by Crippen LogP contribution is -2.39. The number of aromatic nitrogens is 1. The summed E-state index contributed by atoms with van der Waals surface area (Å²) in [6.07, 6.45) is 4.90. The van der Waals surface area contributed by atoms with Crippen LogP contribution in [0.3, 0.4) is 0 Å². The molecule has 0 spiro atoms. The first-order valence-corrected chi connectivity index (χ1v) is 16.4. The van der Waals surface area contributed by atoms with E-state index < -0.39 is 32.0 Å². The average Bonchev–Trinajstić information content (AvgIpc) is 3.32. The number of allylic oxidation sites excluding steroid dienone is 2.